The van der Waals surface area contributed by atoms with Crippen molar-refractivity contribution < 1.29 is 9.84 Å². The van der Waals surface area contributed by atoms with Crippen molar-refractivity contribution in [3.63, 3.8) is 0 Å². The van der Waals surface area contributed by atoms with E-state index in [1.807, 2.05) is 18.2 Å². The van der Waals surface area contributed by atoms with Gasteiger partial charge in [0, 0.05) is 44.8 Å². The second-order valence-corrected chi connectivity index (χ2v) is 7.32. The number of anilines is 2. The Kier molecular flexibility index (Phi) is 5.61. The van der Waals surface area contributed by atoms with Crippen molar-refractivity contribution >= 4 is 11.5 Å². The standard InChI is InChI=1S/C20H28N6O2/c1-15(25-10-12-28-13-11-25)24-6-8-26(9-7-24)18-14-17(22-23-20(18)21)16-4-2-3-5-19(16)27/h2-5,14-15,27H,6-13H2,1H3,(H2,21,23). The number of morpholine rings is 1. The van der Waals surface area contributed by atoms with Gasteiger partial charge < -0.3 is 20.5 Å². The normalized spacial score (nSPS) is 20.2. The van der Waals surface area contributed by atoms with Crippen LogP contribution >= 0.6 is 0 Å². The first-order valence-corrected chi connectivity index (χ1v) is 9.86. The predicted octanol–water partition coefficient (Wildman–Crippen LogP) is 1.23. The van der Waals surface area contributed by atoms with Crippen molar-refractivity contribution in [2.75, 3.05) is 63.1 Å². The molecule has 8 nitrogen and oxygen atoms in total. The smallest absolute Gasteiger partial charge is 0.169 e. The largest absolute Gasteiger partial charge is 0.507 e. The summed E-state index contributed by atoms with van der Waals surface area (Å²) in [6.45, 7) is 9.59. The molecule has 2 saturated heterocycles. The molecule has 1 aromatic carbocycles. The van der Waals surface area contributed by atoms with Crippen LogP contribution in [0, 0.1) is 0 Å². The van der Waals surface area contributed by atoms with Crippen LogP contribution in [0.15, 0.2) is 30.3 Å². The number of phenolic OH excluding ortho intramolecular Hbond substituents is 1. The van der Waals surface area contributed by atoms with Crippen molar-refractivity contribution in [2.24, 2.45) is 0 Å². The predicted molar refractivity (Wildman–Crippen MR) is 109 cm³/mol. The maximum atomic E-state index is 10.1. The maximum absolute atomic E-state index is 10.1. The van der Waals surface area contributed by atoms with E-state index in [-0.39, 0.29) is 5.75 Å². The van der Waals surface area contributed by atoms with E-state index in [1.165, 1.54) is 0 Å². The van der Waals surface area contributed by atoms with Crippen molar-refractivity contribution in [1.29, 1.82) is 0 Å². The number of hydrogen-bond donors (Lipinski definition) is 2. The molecule has 0 spiro atoms. The Bertz CT molecular complexity index is 803. The molecule has 3 heterocycles. The molecule has 3 N–H and O–H groups in total. The summed E-state index contributed by atoms with van der Waals surface area (Å²) in [6, 6.07) is 9.08. The van der Waals surface area contributed by atoms with Gasteiger partial charge in [-0.2, -0.15) is 0 Å². The Labute approximate surface area is 165 Å². The van der Waals surface area contributed by atoms with E-state index in [2.05, 4.69) is 31.8 Å². The minimum Gasteiger partial charge on any atom is -0.507 e. The van der Waals surface area contributed by atoms with E-state index in [0.717, 1.165) is 58.2 Å². The highest BCUT2D eigenvalue weighted by atomic mass is 16.5. The van der Waals surface area contributed by atoms with Crippen molar-refractivity contribution in [3.05, 3.63) is 30.3 Å². The molecule has 1 unspecified atom stereocenters. The molecule has 0 amide bonds. The van der Waals surface area contributed by atoms with Crippen LogP contribution in [0.1, 0.15) is 6.92 Å². The van der Waals surface area contributed by atoms with Gasteiger partial charge in [0.1, 0.15) is 5.75 Å². The second kappa shape index (κ2) is 8.30. The van der Waals surface area contributed by atoms with Crippen LogP contribution in [0.2, 0.25) is 0 Å². The van der Waals surface area contributed by atoms with E-state index in [1.54, 1.807) is 12.1 Å². The molecule has 4 rings (SSSR count). The fourth-order valence-corrected chi connectivity index (χ4v) is 3.98. The van der Waals surface area contributed by atoms with Gasteiger partial charge in [0.2, 0.25) is 0 Å². The number of aromatic nitrogens is 2. The Morgan fingerprint density at radius 3 is 2.39 bits per heavy atom. The highest BCUT2D eigenvalue weighted by molar-refractivity contribution is 5.74. The minimum absolute atomic E-state index is 0.191. The molecule has 1 aromatic heterocycles. The summed E-state index contributed by atoms with van der Waals surface area (Å²) in [5.41, 5.74) is 8.31. The first-order valence-electron chi connectivity index (χ1n) is 9.86. The molecular formula is C20H28N6O2. The molecular weight excluding hydrogens is 356 g/mol. The lowest BCUT2D eigenvalue weighted by Crippen LogP contribution is -2.56. The van der Waals surface area contributed by atoms with E-state index < -0.39 is 0 Å². The van der Waals surface area contributed by atoms with E-state index in [0.29, 0.717) is 23.2 Å². The molecule has 0 aliphatic carbocycles. The Balaban J connectivity index is 1.46. The van der Waals surface area contributed by atoms with Crippen LogP contribution in [0.5, 0.6) is 5.75 Å². The lowest BCUT2D eigenvalue weighted by molar-refractivity contribution is -0.0278. The average Bonchev–Trinajstić information content (AvgIpc) is 2.75. The molecule has 1 atom stereocenters. The third-order valence-electron chi connectivity index (χ3n) is 5.74. The summed E-state index contributed by atoms with van der Waals surface area (Å²) in [4.78, 5) is 7.25. The summed E-state index contributed by atoms with van der Waals surface area (Å²) in [5, 5.41) is 18.4. The van der Waals surface area contributed by atoms with Crippen LogP contribution in [0.25, 0.3) is 11.3 Å². The minimum atomic E-state index is 0.191. The van der Waals surface area contributed by atoms with E-state index in [9.17, 15) is 5.11 Å². The average molecular weight is 384 g/mol. The van der Waals surface area contributed by atoms with Crippen molar-refractivity contribution in [1.82, 2.24) is 20.0 Å². The van der Waals surface area contributed by atoms with Crippen molar-refractivity contribution in [2.45, 2.75) is 13.1 Å². The number of para-hydroxylation sites is 1. The van der Waals surface area contributed by atoms with Gasteiger partial charge in [-0.05, 0) is 25.1 Å². The molecule has 2 aromatic rings. The lowest BCUT2D eigenvalue weighted by atomic mass is 10.1. The number of hydrogen-bond acceptors (Lipinski definition) is 8. The molecule has 2 aliphatic rings. The summed E-state index contributed by atoms with van der Waals surface area (Å²) in [6.07, 6.45) is 0.413. The zero-order valence-corrected chi connectivity index (χ0v) is 16.3. The van der Waals surface area contributed by atoms with Gasteiger partial charge in [-0.3, -0.25) is 9.80 Å². The van der Waals surface area contributed by atoms with Crippen LogP contribution < -0.4 is 10.6 Å². The third kappa shape index (κ3) is 3.89. The van der Waals surface area contributed by atoms with Crippen LogP contribution in [-0.2, 0) is 4.74 Å². The van der Waals surface area contributed by atoms with Crippen LogP contribution in [0.4, 0.5) is 11.5 Å². The highest BCUT2D eigenvalue weighted by Gasteiger charge is 2.27. The lowest BCUT2D eigenvalue weighted by Gasteiger charge is -2.44. The number of nitrogens with two attached hydrogens (primary N) is 1. The molecule has 0 bridgehead atoms. The molecule has 8 heteroatoms. The molecule has 2 fully saturated rings. The second-order valence-electron chi connectivity index (χ2n) is 7.32. The quantitative estimate of drug-likeness (QED) is 0.813. The maximum Gasteiger partial charge on any atom is 0.169 e. The topological polar surface area (TPSA) is 91.0 Å². The first-order chi connectivity index (χ1) is 13.6. The number of benzene rings is 1. The summed E-state index contributed by atoms with van der Waals surface area (Å²) in [7, 11) is 0. The number of aromatic hydroxyl groups is 1. The number of nitrogens with zero attached hydrogens (tertiary/aromatic N) is 5. The van der Waals surface area contributed by atoms with Gasteiger partial charge in [0.15, 0.2) is 5.82 Å². The molecule has 28 heavy (non-hydrogen) atoms. The van der Waals surface area contributed by atoms with Gasteiger partial charge in [0.25, 0.3) is 0 Å². The fraction of sp³-hybridized carbons (Fsp3) is 0.500. The van der Waals surface area contributed by atoms with Crippen LogP contribution in [-0.4, -0.2) is 83.8 Å². The van der Waals surface area contributed by atoms with Crippen molar-refractivity contribution in [3.8, 4) is 17.0 Å². The molecule has 0 radical (unpaired) electrons. The zero-order valence-electron chi connectivity index (χ0n) is 16.3. The Morgan fingerprint density at radius 1 is 1.00 bits per heavy atom. The van der Waals surface area contributed by atoms with Gasteiger partial charge in [-0.25, -0.2) is 0 Å². The van der Waals surface area contributed by atoms with Gasteiger partial charge in [-0.15, -0.1) is 10.2 Å². The molecule has 0 saturated carbocycles. The number of piperazine rings is 1. The zero-order chi connectivity index (χ0) is 19.5. The summed E-state index contributed by atoms with van der Waals surface area (Å²) in [5.74, 6) is 0.616. The summed E-state index contributed by atoms with van der Waals surface area (Å²) < 4.78 is 5.47. The number of ether oxygens (including phenoxy) is 1. The Hall–Kier alpha value is -2.42. The molecule has 150 valence electrons. The van der Waals surface area contributed by atoms with E-state index in [4.69, 9.17) is 10.5 Å². The fourth-order valence-electron chi connectivity index (χ4n) is 3.98. The van der Waals surface area contributed by atoms with Crippen LogP contribution in [0.3, 0.4) is 0 Å². The highest BCUT2D eigenvalue weighted by Crippen LogP contribution is 2.31. The number of rotatable bonds is 4. The van der Waals surface area contributed by atoms with Gasteiger partial charge in [-0.1, -0.05) is 12.1 Å². The SMILES string of the molecule is CC(N1CCOCC1)N1CCN(c2cc(-c3ccccc3O)nnc2N)CC1. The third-order valence-corrected chi connectivity index (χ3v) is 5.74. The summed E-state index contributed by atoms with van der Waals surface area (Å²) >= 11 is 0. The van der Waals surface area contributed by atoms with Gasteiger partial charge in [0.05, 0.1) is 30.8 Å². The van der Waals surface area contributed by atoms with Gasteiger partial charge >= 0.3 is 0 Å². The first kappa shape index (κ1) is 18.9. The number of nitrogen functional groups attached to an aromatic ring is 1. The molecule has 2 aliphatic heterocycles. The number of phenols is 1. The van der Waals surface area contributed by atoms with E-state index >= 15 is 0 Å². The monoisotopic (exact) mass is 384 g/mol. The Morgan fingerprint density at radius 2 is 1.68 bits per heavy atom.